The van der Waals surface area contributed by atoms with Crippen LogP contribution in [0.4, 0.5) is 0 Å². The number of likely N-dealkylation sites (tertiary alicyclic amines) is 1. The Labute approximate surface area is 129 Å². The summed E-state index contributed by atoms with van der Waals surface area (Å²) in [7, 11) is 0. The summed E-state index contributed by atoms with van der Waals surface area (Å²) < 4.78 is 0. The van der Waals surface area contributed by atoms with Crippen molar-refractivity contribution >= 4 is 22.6 Å². The SMILES string of the molecule is Clc1cccc2[nH]c(C3CCCN3C3CCNCC3)nc12. The van der Waals surface area contributed by atoms with E-state index in [1.54, 1.807) is 0 Å². The first-order valence-corrected chi connectivity index (χ1v) is 8.31. The number of aromatic amines is 1. The van der Waals surface area contributed by atoms with Crippen LogP contribution in [0.5, 0.6) is 0 Å². The molecule has 0 spiro atoms. The van der Waals surface area contributed by atoms with Gasteiger partial charge in [-0.1, -0.05) is 17.7 Å². The van der Waals surface area contributed by atoms with Crippen LogP contribution < -0.4 is 5.32 Å². The Morgan fingerprint density at radius 1 is 1.19 bits per heavy atom. The van der Waals surface area contributed by atoms with Gasteiger partial charge in [0.2, 0.25) is 0 Å². The predicted molar refractivity (Wildman–Crippen MR) is 85.7 cm³/mol. The molecule has 1 aromatic heterocycles. The van der Waals surface area contributed by atoms with Gasteiger partial charge in [-0.15, -0.1) is 0 Å². The molecule has 3 heterocycles. The van der Waals surface area contributed by atoms with E-state index in [9.17, 15) is 0 Å². The molecule has 0 amide bonds. The van der Waals surface area contributed by atoms with Crippen LogP contribution in [0.1, 0.15) is 37.5 Å². The zero-order valence-corrected chi connectivity index (χ0v) is 12.9. The average molecular weight is 305 g/mol. The van der Waals surface area contributed by atoms with E-state index in [-0.39, 0.29) is 0 Å². The fraction of sp³-hybridized carbons (Fsp3) is 0.562. The van der Waals surface area contributed by atoms with Crippen molar-refractivity contribution in [1.29, 1.82) is 0 Å². The molecule has 2 N–H and O–H groups in total. The Hall–Kier alpha value is -1.10. The molecule has 5 heteroatoms. The maximum Gasteiger partial charge on any atom is 0.124 e. The summed E-state index contributed by atoms with van der Waals surface area (Å²) in [6.45, 7) is 3.47. The van der Waals surface area contributed by atoms with Gasteiger partial charge in [-0.3, -0.25) is 4.90 Å². The second kappa shape index (κ2) is 5.59. The largest absolute Gasteiger partial charge is 0.341 e. The maximum absolute atomic E-state index is 6.26. The average Bonchev–Trinajstić information content (AvgIpc) is 3.15. The number of nitrogens with zero attached hydrogens (tertiary/aromatic N) is 2. The first-order valence-electron chi connectivity index (χ1n) is 7.93. The highest BCUT2D eigenvalue weighted by Crippen LogP contribution is 2.35. The molecule has 1 aromatic carbocycles. The zero-order valence-electron chi connectivity index (χ0n) is 12.1. The molecule has 2 saturated heterocycles. The fourth-order valence-electron chi connectivity index (χ4n) is 3.83. The van der Waals surface area contributed by atoms with E-state index in [0.717, 1.165) is 35.0 Å². The predicted octanol–water partition coefficient (Wildman–Crippen LogP) is 3.11. The minimum absolute atomic E-state index is 0.427. The Kier molecular flexibility index (Phi) is 3.61. The summed E-state index contributed by atoms with van der Waals surface area (Å²) in [6, 6.07) is 7.07. The number of H-pyrrole nitrogens is 1. The Balaban J connectivity index is 1.64. The standard InChI is InChI=1S/C16H21ClN4/c17-12-3-1-4-13-15(12)20-16(19-13)14-5-2-10-21(14)11-6-8-18-9-7-11/h1,3-4,11,14,18H,2,5-10H2,(H,19,20). The van der Waals surface area contributed by atoms with Gasteiger partial charge in [0.15, 0.2) is 0 Å². The van der Waals surface area contributed by atoms with Gasteiger partial charge in [0, 0.05) is 6.04 Å². The topological polar surface area (TPSA) is 44.0 Å². The van der Waals surface area contributed by atoms with Crippen molar-refractivity contribution in [3.63, 3.8) is 0 Å². The van der Waals surface area contributed by atoms with Gasteiger partial charge in [0.05, 0.1) is 16.6 Å². The fourth-order valence-corrected chi connectivity index (χ4v) is 4.05. The van der Waals surface area contributed by atoms with Crippen molar-refractivity contribution < 1.29 is 0 Å². The number of hydrogen-bond acceptors (Lipinski definition) is 3. The van der Waals surface area contributed by atoms with Gasteiger partial charge in [-0.2, -0.15) is 0 Å². The second-order valence-electron chi connectivity index (χ2n) is 6.14. The molecule has 0 aliphatic carbocycles. The number of rotatable bonds is 2. The van der Waals surface area contributed by atoms with Gasteiger partial charge in [-0.25, -0.2) is 4.98 Å². The lowest BCUT2D eigenvalue weighted by molar-refractivity contribution is 0.144. The van der Waals surface area contributed by atoms with Gasteiger partial charge in [0.1, 0.15) is 11.3 Å². The lowest BCUT2D eigenvalue weighted by atomic mass is 10.0. The molecule has 1 unspecified atom stereocenters. The van der Waals surface area contributed by atoms with E-state index >= 15 is 0 Å². The molecule has 4 rings (SSSR count). The number of aromatic nitrogens is 2. The van der Waals surface area contributed by atoms with Crippen LogP contribution in [-0.2, 0) is 0 Å². The number of nitrogens with one attached hydrogen (secondary N) is 2. The number of benzene rings is 1. The third-order valence-electron chi connectivity index (χ3n) is 4.87. The molecular formula is C16H21ClN4. The molecule has 1 atom stereocenters. The molecule has 21 heavy (non-hydrogen) atoms. The van der Waals surface area contributed by atoms with Crippen LogP contribution in [-0.4, -0.2) is 40.5 Å². The first kappa shape index (κ1) is 13.6. The molecule has 2 aliphatic heterocycles. The number of hydrogen-bond donors (Lipinski definition) is 2. The van der Waals surface area contributed by atoms with Gasteiger partial charge >= 0.3 is 0 Å². The monoisotopic (exact) mass is 304 g/mol. The minimum Gasteiger partial charge on any atom is -0.341 e. The Morgan fingerprint density at radius 2 is 2.05 bits per heavy atom. The number of imidazole rings is 1. The van der Waals surface area contributed by atoms with E-state index in [1.807, 2.05) is 12.1 Å². The summed E-state index contributed by atoms with van der Waals surface area (Å²) in [4.78, 5) is 10.9. The smallest absolute Gasteiger partial charge is 0.124 e. The van der Waals surface area contributed by atoms with E-state index in [2.05, 4.69) is 21.3 Å². The number of para-hydroxylation sites is 1. The summed E-state index contributed by atoms with van der Waals surface area (Å²) in [5.74, 6) is 1.09. The van der Waals surface area contributed by atoms with Crippen molar-refractivity contribution in [1.82, 2.24) is 20.2 Å². The summed E-state index contributed by atoms with van der Waals surface area (Å²) in [6.07, 6.45) is 4.95. The highest BCUT2D eigenvalue weighted by molar-refractivity contribution is 6.34. The van der Waals surface area contributed by atoms with Crippen molar-refractivity contribution in [2.24, 2.45) is 0 Å². The van der Waals surface area contributed by atoms with E-state index in [0.29, 0.717) is 12.1 Å². The lowest BCUT2D eigenvalue weighted by Crippen LogP contribution is -2.42. The highest BCUT2D eigenvalue weighted by atomic mass is 35.5. The second-order valence-corrected chi connectivity index (χ2v) is 6.54. The lowest BCUT2D eigenvalue weighted by Gasteiger charge is -2.35. The third-order valence-corrected chi connectivity index (χ3v) is 5.17. The number of halogens is 1. The van der Waals surface area contributed by atoms with Gasteiger partial charge in [0.25, 0.3) is 0 Å². The van der Waals surface area contributed by atoms with Gasteiger partial charge < -0.3 is 10.3 Å². The van der Waals surface area contributed by atoms with Crippen LogP contribution in [0.3, 0.4) is 0 Å². The Morgan fingerprint density at radius 3 is 2.86 bits per heavy atom. The molecule has 2 aromatic rings. The van der Waals surface area contributed by atoms with Crippen LogP contribution in [0.15, 0.2) is 18.2 Å². The molecular weight excluding hydrogens is 284 g/mol. The number of fused-ring (bicyclic) bond motifs is 1. The first-order chi connectivity index (χ1) is 10.3. The summed E-state index contributed by atoms with van der Waals surface area (Å²) in [5.41, 5.74) is 1.96. The van der Waals surface area contributed by atoms with Crippen molar-refractivity contribution in [2.45, 2.75) is 37.8 Å². The van der Waals surface area contributed by atoms with Gasteiger partial charge in [-0.05, 0) is 57.5 Å². The molecule has 2 fully saturated rings. The molecule has 0 radical (unpaired) electrons. The Bertz CT molecular complexity index is 632. The summed E-state index contributed by atoms with van der Waals surface area (Å²) in [5, 5.41) is 4.19. The normalized spacial score (nSPS) is 24.9. The van der Waals surface area contributed by atoms with E-state index in [4.69, 9.17) is 16.6 Å². The van der Waals surface area contributed by atoms with Crippen LogP contribution in [0.25, 0.3) is 11.0 Å². The van der Waals surface area contributed by atoms with Crippen molar-refractivity contribution in [3.05, 3.63) is 29.0 Å². The molecule has 0 bridgehead atoms. The highest BCUT2D eigenvalue weighted by Gasteiger charge is 2.34. The summed E-state index contributed by atoms with van der Waals surface area (Å²) >= 11 is 6.26. The van der Waals surface area contributed by atoms with Crippen LogP contribution in [0.2, 0.25) is 5.02 Å². The third kappa shape index (κ3) is 2.45. The zero-order chi connectivity index (χ0) is 14.2. The quantitative estimate of drug-likeness (QED) is 0.896. The molecule has 4 nitrogen and oxygen atoms in total. The molecule has 112 valence electrons. The van der Waals surface area contributed by atoms with E-state index in [1.165, 1.54) is 32.2 Å². The van der Waals surface area contributed by atoms with E-state index < -0.39 is 0 Å². The van der Waals surface area contributed by atoms with Crippen molar-refractivity contribution in [2.75, 3.05) is 19.6 Å². The maximum atomic E-state index is 6.26. The molecule has 2 aliphatic rings. The number of piperidine rings is 1. The molecule has 0 saturated carbocycles. The van der Waals surface area contributed by atoms with Crippen molar-refractivity contribution in [3.8, 4) is 0 Å². The van der Waals surface area contributed by atoms with Crippen LogP contribution in [0, 0.1) is 0 Å². The minimum atomic E-state index is 0.427. The van der Waals surface area contributed by atoms with Crippen LogP contribution >= 0.6 is 11.6 Å².